The predicted molar refractivity (Wildman–Crippen MR) is 107 cm³/mol. The van der Waals surface area contributed by atoms with E-state index in [0.717, 1.165) is 10.9 Å². The molecule has 1 aliphatic heterocycles. The Morgan fingerprint density at radius 2 is 1.28 bits per heavy atom. The van der Waals surface area contributed by atoms with Crippen molar-refractivity contribution in [3.8, 4) is 0 Å². The van der Waals surface area contributed by atoms with Crippen LogP contribution >= 0.6 is 11.8 Å². The summed E-state index contributed by atoms with van der Waals surface area (Å²) in [7, 11) is 0. The maximum atomic E-state index is 5.00. The average molecular weight is 344 g/mol. The Morgan fingerprint density at radius 1 is 0.720 bits per heavy atom. The molecule has 0 saturated carbocycles. The van der Waals surface area contributed by atoms with Crippen molar-refractivity contribution in [3.63, 3.8) is 0 Å². The largest absolute Gasteiger partial charge is 0.356 e. The number of nitrogens with zero attached hydrogens (tertiary/aromatic N) is 1. The Kier molecular flexibility index (Phi) is 4.84. The van der Waals surface area contributed by atoms with Gasteiger partial charge < -0.3 is 5.32 Å². The van der Waals surface area contributed by atoms with Crippen molar-refractivity contribution in [1.82, 2.24) is 5.32 Å². The first-order valence-electron chi connectivity index (χ1n) is 8.51. The number of hydrogen-bond donors (Lipinski definition) is 1. The first-order chi connectivity index (χ1) is 12.4. The Bertz CT molecular complexity index is 832. The number of hydrogen-bond acceptors (Lipinski definition) is 3. The summed E-state index contributed by atoms with van der Waals surface area (Å²) in [6, 6.07) is 32.0. The molecule has 2 unspecified atom stereocenters. The van der Waals surface area contributed by atoms with E-state index in [1.54, 1.807) is 11.8 Å². The van der Waals surface area contributed by atoms with Gasteiger partial charge in [0.15, 0.2) is 5.17 Å². The van der Waals surface area contributed by atoms with Crippen LogP contribution in [-0.2, 0) is 5.75 Å². The van der Waals surface area contributed by atoms with Gasteiger partial charge in [-0.25, -0.2) is 0 Å². The Labute approximate surface area is 153 Å². The summed E-state index contributed by atoms with van der Waals surface area (Å²) < 4.78 is 0. The van der Waals surface area contributed by atoms with E-state index in [1.165, 1.54) is 16.7 Å². The first kappa shape index (κ1) is 16.0. The van der Waals surface area contributed by atoms with Gasteiger partial charge in [-0.05, 0) is 16.7 Å². The van der Waals surface area contributed by atoms with E-state index >= 15 is 0 Å². The summed E-state index contributed by atoms with van der Waals surface area (Å²) in [5, 5.41) is 4.66. The normalized spacial score (nSPS) is 19.3. The number of benzene rings is 3. The summed E-state index contributed by atoms with van der Waals surface area (Å²) in [5.74, 6) is 0.926. The average Bonchev–Trinajstić information content (AvgIpc) is 3.13. The molecule has 2 atom stereocenters. The molecule has 4 rings (SSSR count). The summed E-state index contributed by atoms with van der Waals surface area (Å²) in [4.78, 5) is 5.00. The zero-order valence-corrected chi connectivity index (χ0v) is 14.7. The van der Waals surface area contributed by atoms with Crippen LogP contribution in [0, 0.1) is 0 Å². The number of amidine groups is 1. The molecule has 0 saturated heterocycles. The molecule has 0 fully saturated rings. The summed E-state index contributed by atoms with van der Waals surface area (Å²) >= 11 is 1.77. The molecule has 0 spiro atoms. The summed E-state index contributed by atoms with van der Waals surface area (Å²) in [5.41, 5.74) is 3.84. The number of thioether (sulfide) groups is 1. The lowest BCUT2D eigenvalue weighted by molar-refractivity contribution is 0.573. The van der Waals surface area contributed by atoms with Crippen LogP contribution in [0.2, 0.25) is 0 Å². The molecule has 0 amide bonds. The Morgan fingerprint density at radius 3 is 1.92 bits per heavy atom. The Balaban J connectivity index is 1.57. The summed E-state index contributed by atoms with van der Waals surface area (Å²) in [6.45, 7) is 0. The third-order valence-electron chi connectivity index (χ3n) is 4.37. The number of rotatable bonds is 4. The standard InChI is InChI=1S/C22H20N2S/c1-4-10-17(11-5-1)16-25-22-23-20(18-12-6-2-7-13-18)21(24-22)19-14-8-3-9-15-19/h1-15,20-21H,16H2,(H,23,24). The minimum absolute atomic E-state index is 0.113. The van der Waals surface area contributed by atoms with Crippen molar-refractivity contribution in [1.29, 1.82) is 0 Å². The van der Waals surface area contributed by atoms with Gasteiger partial charge in [-0.1, -0.05) is 103 Å². The fourth-order valence-corrected chi connectivity index (χ4v) is 3.99. The second-order valence-corrected chi connectivity index (χ2v) is 7.06. The van der Waals surface area contributed by atoms with Crippen molar-refractivity contribution in [3.05, 3.63) is 108 Å². The highest BCUT2D eigenvalue weighted by Gasteiger charge is 2.31. The Hall–Kier alpha value is -2.52. The summed E-state index contributed by atoms with van der Waals surface area (Å²) in [6.07, 6.45) is 0. The van der Waals surface area contributed by atoms with Crippen LogP contribution in [-0.4, -0.2) is 5.17 Å². The van der Waals surface area contributed by atoms with Gasteiger partial charge in [-0.15, -0.1) is 0 Å². The van der Waals surface area contributed by atoms with Gasteiger partial charge in [-0.2, -0.15) is 0 Å². The predicted octanol–water partition coefficient (Wildman–Crippen LogP) is 5.36. The lowest BCUT2D eigenvalue weighted by atomic mass is 9.95. The smallest absolute Gasteiger partial charge is 0.158 e. The van der Waals surface area contributed by atoms with Crippen molar-refractivity contribution in [2.75, 3.05) is 0 Å². The van der Waals surface area contributed by atoms with E-state index in [4.69, 9.17) is 4.99 Å². The minimum Gasteiger partial charge on any atom is -0.356 e. The molecule has 25 heavy (non-hydrogen) atoms. The van der Waals surface area contributed by atoms with E-state index in [1.807, 2.05) is 0 Å². The van der Waals surface area contributed by atoms with Crippen molar-refractivity contribution >= 4 is 16.9 Å². The van der Waals surface area contributed by atoms with Crippen LogP contribution in [0.5, 0.6) is 0 Å². The van der Waals surface area contributed by atoms with Crippen LogP contribution in [0.25, 0.3) is 0 Å². The molecule has 2 nitrogen and oxygen atoms in total. The van der Waals surface area contributed by atoms with Gasteiger partial charge in [0, 0.05) is 5.75 Å². The second kappa shape index (κ2) is 7.58. The maximum Gasteiger partial charge on any atom is 0.158 e. The lowest BCUT2D eigenvalue weighted by Crippen LogP contribution is -2.22. The molecule has 0 aliphatic carbocycles. The van der Waals surface area contributed by atoms with Crippen LogP contribution in [0.15, 0.2) is 96.0 Å². The van der Waals surface area contributed by atoms with E-state index in [2.05, 4.69) is 96.3 Å². The molecular formula is C22H20N2S. The van der Waals surface area contributed by atoms with Crippen molar-refractivity contribution < 1.29 is 0 Å². The number of nitrogens with one attached hydrogen (secondary N) is 1. The maximum absolute atomic E-state index is 5.00. The van der Waals surface area contributed by atoms with Gasteiger partial charge in [-0.3, -0.25) is 4.99 Å². The molecule has 0 bridgehead atoms. The molecular weight excluding hydrogens is 324 g/mol. The van der Waals surface area contributed by atoms with E-state index in [9.17, 15) is 0 Å². The van der Waals surface area contributed by atoms with Crippen molar-refractivity contribution in [2.24, 2.45) is 4.99 Å². The highest BCUT2D eigenvalue weighted by atomic mass is 32.2. The third kappa shape index (κ3) is 3.77. The molecule has 1 aliphatic rings. The van der Waals surface area contributed by atoms with Gasteiger partial charge in [0.2, 0.25) is 0 Å². The van der Waals surface area contributed by atoms with Gasteiger partial charge in [0.25, 0.3) is 0 Å². The molecule has 1 N–H and O–H groups in total. The van der Waals surface area contributed by atoms with Crippen LogP contribution in [0.4, 0.5) is 0 Å². The van der Waals surface area contributed by atoms with Crippen LogP contribution in [0.1, 0.15) is 28.8 Å². The van der Waals surface area contributed by atoms with Crippen LogP contribution in [0.3, 0.4) is 0 Å². The fraction of sp³-hybridized carbons (Fsp3) is 0.136. The highest BCUT2D eigenvalue weighted by molar-refractivity contribution is 8.13. The van der Waals surface area contributed by atoms with Gasteiger partial charge in [0.1, 0.15) is 6.04 Å². The minimum atomic E-state index is 0.113. The molecule has 0 aromatic heterocycles. The third-order valence-corrected chi connectivity index (χ3v) is 5.34. The van der Waals surface area contributed by atoms with E-state index < -0.39 is 0 Å². The lowest BCUT2D eigenvalue weighted by Gasteiger charge is -2.19. The quantitative estimate of drug-likeness (QED) is 0.689. The zero-order valence-electron chi connectivity index (χ0n) is 13.9. The van der Waals surface area contributed by atoms with Gasteiger partial charge in [0.05, 0.1) is 6.04 Å². The topological polar surface area (TPSA) is 24.4 Å². The first-order valence-corrected chi connectivity index (χ1v) is 9.50. The monoisotopic (exact) mass is 344 g/mol. The SMILES string of the molecule is c1ccc(CSC2=NC(c3ccccc3)C(c3ccccc3)N2)cc1. The molecule has 124 valence electrons. The number of aliphatic imine (C=N–C) groups is 1. The molecule has 3 heteroatoms. The molecule has 1 heterocycles. The van der Waals surface area contributed by atoms with Crippen LogP contribution < -0.4 is 5.32 Å². The molecule has 3 aromatic carbocycles. The fourth-order valence-electron chi connectivity index (χ4n) is 3.10. The van der Waals surface area contributed by atoms with Crippen molar-refractivity contribution in [2.45, 2.75) is 17.8 Å². The highest BCUT2D eigenvalue weighted by Crippen LogP contribution is 2.37. The molecule has 3 aromatic rings. The van der Waals surface area contributed by atoms with E-state index in [0.29, 0.717) is 0 Å². The van der Waals surface area contributed by atoms with Gasteiger partial charge >= 0.3 is 0 Å². The second-order valence-electron chi connectivity index (χ2n) is 6.10. The molecule has 0 radical (unpaired) electrons. The van der Waals surface area contributed by atoms with E-state index in [-0.39, 0.29) is 12.1 Å². The zero-order chi connectivity index (χ0) is 16.9.